The van der Waals surface area contributed by atoms with Crippen molar-refractivity contribution in [3.05, 3.63) is 64.3 Å². The molecule has 2 rings (SSSR count). The number of pyridine rings is 1. The Bertz CT molecular complexity index is 790. The van der Waals surface area contributed by atoms with Gasteiger partial charge in [0.25, 0.3) is 0 Å². The number of carbonyl (C=O) groups excluding carboxylic acids is 1. The summed E-state index contributed by atoms with van der Waals surface area (Å²) in [7, 11) is -4.04. The topological polar surface area (TPSA) is 119 Å². The van der Waals surface area contributed by atoms with Gasteiger partial charge in [-0.25, -0.2) is 23.5 Å². The van der Waals surface area contributed by atoms with E-state index in [0.717, 1.165) is 6.07 Å². The quantitative estimate of drug-likeness (QED) is 0.660. The summed E-state index contributed by atoms with van der Waals surface area (Å²) in [6.07, 6.45) is 1.19. The zero-order chi connectivity index (χ0) is 15.5. The van der Waals surface area contributed by atoms with Gasteiger partial charge in [-0.05, 0) is 24.3 Å². The molecule has 0 bridgehead atoms. The first-order chi connectivity index (χ1) is 9.93. The Hall–Kier alpha value is -2.81. The predicted octanol–water partition coefficient (Wildman–Crippen LogP) is 0.836. The molecule has 9 heteroatoms. The summed E-state index contributed by atoms with van der Waals surface area (Å²) in [6.45, 7) is 0. The maximum Gasteiger partial charge on any atom is 0.313 e. The number of rotatable bonds is 4. The molecule has 0 saturated heterocycles. The van der Waals surface area contributed by atoms with E-state index in [2.05, 4.69) is 4.98 Å². The number of hydrazine groups is 1. The van der Waals surface area contributed by atoms with Crippen molar-refractivity contribution in [2.24, 2.45) is 0 Å². The van der Waals surface area contributed by atoms with Gasteiger partial charge < -0.3 is 0 Å². The highest BCUT2D eigenvalue weighted by atomic mass is 32.2. The number of nitrogens with zero attached hydrogens (tertiary/aromatic N) is 2. The first kappa shape index (κ1) is 14.6. The normalized spacial score (nSPS) is 10.9. The number of nitro groups is 1. The minimum atomic E-state index is -4.04. The van der Waals surface area contributed by atoms with Crippen LogP contribution in [0.15, 0.2) is 58.6 Å². The van der Waals surface area contributed by atoms with Crippen molar-refractivity contribution in [3.63, 3.8) is 0 Å². The molecule has 0 fully saturated rings. The molecule has 2 aromatic rings. The number of carbonyl (C=O) groups is 1. The lowest BCUT2D eigenvalue weighted by atomic mass is 10.3. The number of hydrogen-bond donors (Lipinski definition) is 1. The first-order valence-electron chi connectivity index (χ1n) is 5.63. The van der Waals surface area contributed by atoms with Crippen LogP contribution in [0.5, 0.6) is 0 Å². The van der Waals surface area contributed by atoms with E-state index >= 15 is 0 Å². The van der Waals surface area contributed by atoms with Crippen molar-refractivity contribution >= 4 is 15.7 Å². The van der Waals surface area contributed by atoms with Gasteiger partial charge in [-0.15, -0.1) is 0 Å². The summed E-state index contributed by atoms with van der Waals surface area (Å²) in [6, 6.07) is 9.84. The molecule has 0 spiro atoms. The van der Waals surface area contributed by atoms with Gasteiger partial charge in [-0.1, -0.05) is 23.6 Å². The average molecular weight is 307 g/mol. The molecule has 108 valence electrons. The van der Waals surface area contributed by atoms with Crippen LogP contribution in [0, 0.1) is 10.1 Å². The summed E-state index contributed by atoms with van der Waals surface area (Å²) < 4.78 is 24.9. The highest BCUT2D eigenvalue weighted by Crippen LogP contribution is 2.21. The Morgan fingerprint density at radius 3 is 2.43 bits per heavy atom. The third-order valence-electron chi connectivity index (χ3n) is 2.52. The number of amides is 1. The van der Waals surface area contributed by atoms with E-state index in [9.17, 15) is 23.3 Å². The molecule has 0 saturated carbocycles. The molecule has 1 aromatic carbocycles. The lowest BCUT2D eigenvalue weighted by Crippen LogP contribution is -2.30. The second-order valence-corrected chi connectivity index (χ2v) is 5.74. The molecule has 0 atom stereocenters. The Kier molecular flexibility index (Phi) is 3.94. The number of benzene rings is 1. The molecule has 21 heavy (non-hydrogen) atoms. The SMILES string of the molecule is O=C(N[N+](=O)[O-])c1cccnc1S(=O)(=O)c1ccccc1. The van der Waals surface area contributed by atoms with E-state index in [1.165, 1.54) is 42.0 Å². The summed E-state index contributed by atoms with van der Waals surface area (Å²) in [5, 5.41) is 8.72. The van der Waals surface area contributed by atoms with E-state index in [-0.39, 0.29) is 4.90 Å². The van der Waals surface area contributed by atoms with Gasteiger partial charge >= 0.3 is 5.91 Å². The molecule has 1 amide bonds. The maximum absolute atomic E-state index is 12.4. The third-order valence-corrected chi connectivity index (χ3v) is 4.24. The lowest BCUT2D eigenvalue weighted by molar-refractivity contribution is -0.527. The molecule has 0 aliphatic heterocycles. The highest BCUT2D eigenvalue weighted by molar-refractivity contribution is 7.91. The number of nitrogens with one attached hydrogen (secondary N) is 1. The van der Waals surface area contributed by atoms with E-state index < -0.39 is 31.4 Å². The third kappa shape index (κ3) is 3.03. The predicted molar refractivity (Wildman–Crippen MR) is 70.6 cm³/mol. The first-order valence-corrected chi connectivity index (χ1v) is 7.12. The summed E-state index contributed by atoms with van der Waals surface area (Å²) >= 11 is 0. The molecule has 1 N–H and O–H groups in total. The Labute approximate surface area is 119 Å². The maximum atomic E-state index is 12.4. The molecule has 1 heterocycles. The Morgan fingerprint density at radius 2 is 1.81 bits per heavy atom. The van der Waals surface area contributed by atoms with Crippen LogP contribution >= 0.6 is 0 Å². The summed E-state index contributed by atoms with van der Waals surface area (Å²) in [5.41, 5.74) is 1.01. The van der Waals surface area contributed by atoms with Gasteiger partial charge in [0, 0.05) is 6.20 Å². The van der Waals surface area contributed by atoms with Gasteiger partial charge in [0.05, 0.1) is 10.5 Å². The monoisotopic (exact) mass is 307 g/mol. The minimum absolute atomic E-state index is 0.0566. The largest absolute Gasteiger partial charge is 0.313 e. The van der Waals surface area contributed by atoms with Crippen LogP contribution in [0.3, 0.4) is 0 Å². The van der Waals surface area contributed by atoms with E-state index in [4.69, 9.17) is 0 Å². The zero-order valence-electron chi connectivity index (χ0n) is 10.5. The van der Waals surface area contributed by atoms with Gasteiger partial charge in [-0.3, -0.25) is 4.79 Å². The van der Waals surface area contributed by atoms with Crippen molar-refractivity contribution in [1.29, 1.82) is 0 Å². The smallest absolute Gasteiger partial charge is 0.263 e. The van der Waals surface area contributed by atoms with Gasteiger partial charge in [0.1, 0.15) is 0 Å². The van der Waals surface area contributed by atoms with Crippen LogP contribution < -0.4 is 5.43 Å². The van der Waals surface area contributed by atoms with Crippen LogP contribution in [-0.2, 0) is 9.84 Å². The standard InChI is InChI=1S/C12H9N3O5S/c16-11(14-15(17)18)10-7-4-8-13-12(10)21(19,20)9-5-2-1-3-6-9/h1-8H,(H,14,16). The minimum Gasteiger partial charge on any atom is -0.263 e. The Balaban J connectivity index is 2.55. The van der Waals surface area contributed by atoms with Crippen LogP contribution in [0.25, 0.3) is 0 Å². The molecule has 0 radical (unpaired) electrons. The van der Waals surface area contributed by atoms with E-state index in [1.54, 1.807) is 6.07 Å². The molecular weight excluding hydrogens is 298 g/mol. The van der Waals surface area contributed by atoms with E-state index in [1.807, 2.05) is 0 Å². The summed E-state index contributed by atoms with van der Waals surface area (Å²) in [5.74, 6) is -1.15. The zero-order valence-corrected chi connectivity index (χ0v) is 11.3. The van der Waals surface area contributed by atoms with Crippen molar-refractivity contribution in [1.82, 2.24) is 10.4 Å². The fraction of sp³-hybridized carbons (Fsp3) is 0. The summed E-state index contributed by atoms with van der Waals surface area (Å²) in [4.78, 5) is 25.6. The fourth-order valence-electron chi connectivity index (χ4n) is 1.63. The lowest BCUT2D eigenvalue weighted by Gasteiger charge is -2.07. The number of hydrogen-bond acceptors (Lipinski definition) is 6. The van der Waals surface area contributed by atoms with Crippen LogP contribution in [-0.4, -0.2) is 24.3 Å². The second kappa shape index (κ2) is 5.67. The average Bonchev–Trinajstić information content (AvgIpc) is 2.47. The molecule has 0 aliphatic carbocycles. The van der Waals surface area contributed by atoms with Crippen molar-refractivity contribution < 1.29 is 18.2 Å². The molecule has 8 nitrogen and oxygen atoms in total. The fourth-order valence-corrected chi connectivity index (χ4v) is 3.02. The number of aromatic nitrogens is 1. The van der Waals surface area contributed by atoms with Gasteiger partial charge in [0.2, 0.25) is 9.84 Å². The second-order valence-electron chi connectivity index (χ2n) is 3.87. The van der Waals surface area contributed by atoms with Gasteiger partial charge in [-0.2, -0.15) is 0 Å². The molecular formula is C12H9N3O5S. The molecule has 0 aliphatic rings. The van der Waals surface area contributed by atoms with Gasteiger partial charge in [0.15, 0.2) is 10.1 Å². The molecule has 1 aromatic heterocycles. The van der Waals surface area contributed by atoms with Crippen molar-refractivity contribution in [2.45, 2.75) is 9.92 Å². The highest BCUT2D eigenvalue weighted by Gasteiger charge is 2.27. The van der Waals surface area contributed by atoms with Crippen molar-refractivity contribution in [3.8, 4) is 0 Å². The number of sulfone groups is 1. The van der Waals surface area contributed by atoms with Crippen LogP contribution in [0.1, 0.15) is 10.4 Å². The molecule has 0 unspecified atom stereocenters. The Morgan fingerprint density at radius 1 is 1.14 bits per heavy atom. The van der Waals surface area contributed by atoms with Crippen molar-refractivity contribution in [2.75, 3.05) is 0 Å². The van der Waals surface area contributed by atoms with Crippen LogP contribution in [0.4, 0.5) is 0 Å². The van der Waals surface area contributed by atoms with Crippen LogP contribution in [0.2, 0.25) is 0 Å². The van der Waals surface area contributed by atoms with E-state index in [0.29, 0.717) is 0 Å².